The molecule has 0 radical (unpaired) electrons. The fraction of sp³-hybridized carbons (Fsp3) is 0.0556. The first-order chi connectivity index (χ1) is 10.6. The summed E-state index contributed by atoms with van der Waals surface area (Å²) in [5, 5.41) is 12.7. The number of aromatic hydroxyl groups is 1. The maximum atomic E-state index is 12.2. The zero-order chi connectivity index (χ0) is 15.7. The number of fused-ring (bicyclic) bond motifs is 1. The number of halogens is 1. The molecule has 3 nitrogen and oxygen atoms in total. The largest absolute Gasteiger partial charge is 0.506 e. The molecule has 0 aliphatic rings. The van der Waals surface area contributed by atoms with E-state index in [0.717, 1.165) is 10.8 Å². The van der Waals surface area contributed by atoms with Crippen molar-refractivity contribution >= 4 is 39.7 Å². The van der Waals surface area contributed by atoms with Gasteiger partial charge in [-0.25, -0.2) is 0 Å². The number of carbonyl (C=O) groups excluding carboxylic acids is 1. The Morgan fingerprint density at radius 3 is 2.36 bits per heavy atom. The molecule has 1 N–H and O–H groups in total. The van der Waals surface area contributed by atoms with Crippen molar-refractivity contribution in [3.05, 3.63) is 65.7 Å². The van der Waals surface area contributed by atoms with Gasteiger partial charge in [-0.1, -0.05) is 41.9 Å². The van der Waals surface area contributed by atoms with Crippen LogP contribution in [-0.4, -0.2) is 11.0 Å². The minimum absolute atomic E-state index is 0.0591. The first kappa shape index (κ1) is 14.4. The maximum Gasteiger partial charge on any atom is 0.228 e. The molecule has 1 amide bonds. The van der Waals surface area contributed by atoms with E-state index in [1.54, 1.807) is 30.3 Å². The molecule has 0 aliphatic carbocycles. The molecular formula is C18H14ClNO2. The second-order valence-electron chi connectivity index (χ2n) is 4.99. The van der Waals surface area contributed by atoms with Crippen molar-refractivity contribution in [1.82, 2.24) is 0 Å². The SMILES string of the molecule is CC(=O)N(c1ccc(Cl)cc1)c1c(O)ccc2ccccc12. The summed E-state index contributed by atoms with van der Waals surface area (Å²) in [6.07, 6.45) is 0. The number of hydrogen-bond donors (Lipinski definition) is 1. The van der Waals surface area contributed by atoms with Crippen LogP contribution < -0.4 is 4.90 Å². The summed E-state index contributed by atoms with van der Waals surface area (Å²) >= 11 is 5.92. The van der Waals surface area contributed by atoms with Gasteiger partial charge in [0.1, 0.15) is 5.75 Å². The monoisotopic (exact) mass is 311 g/mol. The van der Waals surface area contributed by atoms with Crippen LogP contribution in [0.15, 0.2) is 60.7 Å². The molecule has 110 valence electrons. The van der Waals surface area contributed by atoms with E-state index in [0.29, 0.717) is 16.4 Å². The molecule has 0 unspecified atom stereocenters. The first-order valence-electron chi connectivity index (χ1n) is 6.85. The molecule has 0 atom stereocenters. The zero-order valence-electron chi connectivity index (χ0n) is 12.0. The molecule has 0 fully saturated rings. The van der Waals surface area contributed by atoms with Crippen LogP contribution in [0, 0.1) is 0 Å². The molecule has 0 aromatic heterocycles. The number of phenols is 1. The van der Waals surface area contributed by atoms with Crippen molar-refractivity contribution in [3.63, 3.8) is 0 Å². The molecule has 0 spiro atoms. The van der Waals surface area contributed by atoms with Gasteiger partial charge in [0.15, 0.2) is 0 Å². The van der Waals surface area contributed by atoms with Crippen molar-refractivity contribution in [3.8, 4) is 5.75 Å². The number of anilines is 2. The molecule has 3 aromatic carbocycles. The Hall–Kier alpha value is -2.52. The second-order valence-corrected chi connectivity index (χ2v) is 5.42. The van der Waals surface area contributed by atoms with E-state index in [1.165, 1.54) is 11.8 Å². The summed E-state index contributed by atoms with van der Waals surface area (Å²) in [6.45, 7) is 1.47. The highest BCUT2D eigenvalue weighted by Crippen LogP contribution is 2.39. The van der Waals surface area contributed by atoms with Crippen LogP contribution in [0.4, 0.5) is 11.4 Å². The molecule has 0 saturated heterocycles. The predicted molar refractivity (Wildman–Crippen MR) is 89.9 cm³/mol. The third kappa shape index (κ3) is 2.51. The van der Waals surface area contributed by atoms with Crippen LogP contribution in [0.1, 0.15) is 6.92 Å². The van der Waals surface area contributed by atoms with Gasteiger partial charge >= 0.3 is 0 Å². The van der Waals surface area contributed by atoms with E-state index in [1.807, 2.05) is 30.3 Å². The average Bonchev–Trinajstić information content (AvgIpc) is 2.51. The number of nitrogens with zero attached hydrogens (tertiary/aromatic N) is 1. The van der Waals surface area contributed by atoms with Gasteiger partial charge in [-0.2, -0.15) is 0 Å². The zero-order valence-corrected chi connectivity index (χ0v) is 12.7. The summed E-state index contributed by atoms with van der Waals surface area (Å²) < 4.78 is 0. The first-order valence-corrected chi connectivity index (χ1v) is 7.22. The van der Waals surface area contributed by atoms with Gasteiger partial charge in [0, 0.05) is 23.0 Å². The third-order valence-corrected chi connectivity index (χ3v) is 3.75. The Labute approximate surface area is 133 Å². The summed E-state index contributed by atoms with van der Waals surface area (Å²) in [7, 11) is 0. The van der Waals surface area contributed by atoms with Crippen LogP contribution in [-0.2, 0) is 4.79 Å². The Bertz CT molecular complexity index is 843. The fourth-order valence-corrected chi connectivity index (χ4v) is 2.66. The normalized spacial score (nSPS) is 10.6. The van der Waals surface area contributed by atoms with Crippen LogP contribution in [0.25, 0.3) is 10.8 Å². The van der Waals surface area contributed by atoms with E-state index in [-0.39, 0.29) is 11.7 Å². The molecule has 4 heteroatoms. The van der Waals surface area contributed by atoms with E-state index in [4.69, 9.17) is 11.6 Å². The topological polar surface area (TPSA) is 40.5 Å². The Morgan fingerprint density at radius 1 is 1.00 bits per heavy atom. The lowest BCUT2D eigenvalue weighted by Gasteiger charge is -2.24. The van der Waals surface area contributed by atoms with Gasteiger partial charge in [0.2, 0.25) is 5.91 Å². The van der Waals surface area contributed by atoms with Crippen molar-refractivity contribution in [1.29, 1.82) is 0 Å². The third-order valence-electron chi connectivity index (χ3n) is 3.50. The minimum atomic E-state index is -0.186. The summed E-state index contributed by atoms with van der Waals surface area (Å²) in [5.41, 5.74) is 1.14. The van der Waals surface area contributed by atoms with Gasteiger partial charge < -0.3 is 5.11 Å². The lowest BCUT2D eigenvalue weighted by molar-refractivity contribution is -0.115. The van der Waals surface area contributed by atoms with Gasteiger partial charge in [-0.05, 0) is 35.7 Å². The highest BCUT2D eigenvalue weighted by Gasteiger charge is 2.20. The number of carbonyl (C=O) groups is 1. The lowest BCUT2D eigenvalue weighted by atomic mass is 10.1. The van der Waals surface area contributed by atoms with Crippen molar-refractivity contribution in [2.24, 2.45) is 0 Å². The van der Waals surface area contributed by atoms with E-state index < -0.39 is 0 Å². The Morgan fingerprint density at radius 2 is 1.68 bits per heavy atom. The van der Waals surface area contributed by atoms with Crippen LogP contribution in [0.5, 0.6) is 5.75 Å². The van der Waals surface area contributed by atoms with Gasteiger partial charge in [-0.15, -0.1) is 0 Å². The molecule has 3 rings (SSSR count). The quantitative estimate of drug-likeness (QED) is 0.732. The van der Waals surface area contributed by atoms with Gasteiger partial charge in [0.25, 0.3) is 0 Å². The van der Waals surface area contributed by atoms with Crippen molar-refractivity contribution < 1.29 is 9.90 Å². The Kier molecular flexibility index (Phi) is 3.73. The summed E-state index contributed by atoms with van der Waals surface area (Å²) in [4.78, 5) is 13.7. The highest BCUT2D eigenvalue weighted by atomic mass is 35.5. The van der Waals surface area contributed by atoms with Crippen LogP contribution in [0.3, 0.4) is 0 Å². The number of hydrogen-bond acceptors (Lipinski definition) is 2. The molecule has 0 bridgehead atoms. The standard InChI is InChI=1S/C18H14ClNO2/c1-12(21)20(15-9-7-14(19)8-10-15)18-16-5-3-2-4-13(16)6-11-17(18)22/h2-11,22H,1H3. The predicted octanol–water partition coefficient (Wildman–Crippen LogP) is 4.88. The van der Waals surface area contributed by atoms with Crippen LogP contribution >= 0.6 is 11.6 Å². The number of phenolic OH excluding ortho intramolecular Hbond substituents is 1. The van der Waals surface area contributed by atoms with E-state index >= 15 is 0 Å². The van der Waals surface area contributed by atoms with Crippen molar-refractivity contribution in [2.45, 2.75) is 6.92 Å². The molecular weight excluding hydrogens is 298 g/mol. The highest BCUT2D eigenvalue weighted by molar-refractivity contribution is 6.30. The molecule has 3 aromatic rings. The van der Waals surface area contributed by atoms with E-state index in [2.05, 4.69) is 0 Å². The second kappa shape index (κ2) is 5.70. The minimum Gasteiger partial charge on any atom is -0.506 e. The summed E-state index contributed by atoms with van der Waals surface area (Å²) in [6, 6.07) is 18.0. The lowest BCUT2D eigenvalue weighted by Crippen LogP contribution is -2.23. The molecule has 0 heterocycles. The van der Waals surface area contributed by atoms with Crippen LogP contribution in [0.2, 0.25) is 5.02 Å². The maximum absolute atomic E-state index is 12.2. The van der Waals surface area contributed by atoms with Gasteiger partial charge in [0.05, 0.1) is 5.69 Å². The smallest absolute Gasteiger partial charge is 0.228 e. The number of rotatable bonds is 2. The number of amides is 1. The van der Waals surface area contributed by atoms with Gasteiger partial charge in [-0.3, -0.25) is 9.69 Å². The molecule has 0 saturated carbocycles. The molecule has 22 heavy (non-hydrogen) atoms. The number of benzene rings is 3. The molecule has 0 aliphatic heterocycles. The van der Waals surface area contributed by atoms with Crippen molar-refractivity contribution in [2.75, 3.05) is 4.90 Å². The summed E-state index contributed by atoms with van der Waals surface area (Å²) in [5.74, 6) is -0.127. The average molecular weight is 312 g/mol. The Balaban J connectivity index is 2.27. The fourth-order valence-electron chi connectivity index (χ4n) is 2.54. The van der Waals surface area contributed by atoms with E-state index in [9.17, 15) is 9.90 Å².